The molecular formula is C20H10F9N7. The number of pyridine rings is 2. The number of hydrogen-bond acceptors (Lipinski definition) is 6. The van der Waals surface area contributed by atoms with E-state index in [0.29, 0.717) is 0 Å². The van der Waals surface area contributed by atoms with Crippen LogP contribution >= 0.6 is 0 Å². The van der Waals surface area contributed by atoms with Gasteiger partial charge in [-0.15, -0.1) is 0 Å². The van der Waals surface area contributed by atoms with Crippen molar-refractivity contribution in [2.24, 2.45) is 4.99 Å². The number of nitriles is 1. The number of aliphatic imine (C=N–C) groups is 1. The highest BCUT2D eigenvalue weighted by Crippen LogP contribution is 2.51. The first kappa shape index (κ1) is 25.1. The number of halogens is 9. The lowest BCUT2D eigenvalue weighted by molar-refractivity contribution is -0.171. The van der Waals surface area contributed by atoms with Crippen LogP contribution in [0.4, 0.5) is 39.5 Å². The fourth-order valence-electron chi connectivity index (χ4n) is 3.64. The summed E-state index contributed by atoms with van der Waals surface area (Å²) in [5, 5.41) is 13.2. The van der Waals surface area contributed by atoms with Gasteiger partial charge >= 0.3 is 18.5 Å². The maximum Gasteiger partial charge on any atom is 0.433 e. The first-order chi connectivity index (χ1) is 16.7. The molecule has 0 aromatic carbocycles. The zero-order valence-corrected chi connectivity index (χ0v) is 17.4. The molecule has 0 spiro atoms. The minimum Gasteiger partial charge on any atom is -0.288 e. The third-order valence-electron chi connectivity index (χ3n) is 5.43. The van der Waals surface area contributed by atoms with Gasteiger partial charge in [0.05, 0.1) is 22.9 Å². The largest absolute Gasteiger partial charge is 0.433 e. The summed E-state index contributed by atoms with van der Waals surface area (Å²) < 4.78 is 123. The van der Waals surface area contributed by atoms with Crippen LogP contribution in [0.25, 0.3) is 5.82 Å². The van der Waals surface area contributed by atoms with E-state index in [1.54, 1.807) is 6.07 Å². The highest BCUT2D eigenvalue weighted by atomic mass is 19.4. The molecule has 0 amide bonds. The highest BCUT2D eigenvalue weighted by molar-refractivity contribution is 5.77. The molecule has 36 heavy (non-hydrogen) atoms. The standard InChI is InChI=1S/C20H10F9N7/c21-18(22,23)12-2-14(35-15(3-12)19(24,25)26)17(20(27,28)29)4-13(33-7-17)11-1-10(5-30)16(32-6-11)36-9-31-8-34-36/h1-3,6-9,13H,4H2. The first-order valence-electron chi connectivity index (χ1n) is 9.69. The summed E-state index contributed by atoms with van der Waals surface area (Å²) in [6.07, 6.45) is -13.6. The van der Waals surface area contributed by atoms with Crippen LogP contribution in [0.15, 0.2) is 42.0 Å². The minimum absolute atomic E-state index is 0.00262. The summed E-state index contributed by atoms with van der Waals surface area (Å²) >= 11 is 0. The van der Waals surface area contributed by atoms with Crippen LogP contribution < -0.4 is 0 Å². The van der Waals surface area contributed by atoms with E-state index in [1.165, 1.54) is 6.33 Å². The van der Waals surface area contributed by atoms with Gasteiger partial charge in [-0.1, -0.05) is 0 Å². The predicted molar refractivity (Wildman–Crippen MR) is 102 cm³/mol. The predicted octanol–water partition coefficient (Wildman–Crippen LogP) is 4.98. The fourth-order valence-corrected chi connectivity index (χ4v) is 3.64. The van der Waals surface area contributed by atoms with Gasteiger partial charge in [-0.25, -0.2) is 19.6 Å². The van der Waals surface area contributed by atoms with Gasteiger partial charge in [-0.2, -0.15) is 49.9 Å². The third kappa shape index (κ3) is 4.36. The molecule has 1 aliphatic heterocycles. The van der Waals surface area contributed by atoms with Gasteiger partial charge in [-0.3, -0.25) is 4.99 Å². The van der Waals surface area contributed by atoms with Crippen LogP contribution in [0.1, 0.15) is 40.5 Å². The lowest BCUT2D eigenvalue weighted by Gasteiger charge is -2.30. The molecule has 188 valence electrons. The molecule has 3 aromatic rings. The molecule has 2 atom stereocenters. The summed E-state index contributed by atoms with van der Waals surface area (Å²) in [6.45, 7) is 0. The van der Waals surface area contributed by atoms with E-state index in [1.807, 2.05) is 0 Å². The Kier molecular flexibility index (Phi) is 5.77. The second-order valence-electron chi connectivity index (χ2n) is 7.68. The van der Waals surface area contributed by atoms with Crippen LogP contribution in [-0.4, -0.2) is 37.1 Å². The summed E-state index contributed by atoms with van der Waals surface area (Å²) in [6, 6.07) is 1.12. The van der Waals surface area contributed by atoms with E-state index in [0.717, 1.165) is 23.3 Å². The molecule has 0 fully saturated rings. The molecule has 0 radical (unpaired) electrons. The van der Waals surface area contributed by atoms with Gasteiger partial charge in [0.25, 0.3) is 0 Å². The van der Waals surface area contributed by atoms with E-state index in [-0.39, 0.29) is 35.3 Å². The smallest absolute Gasteiger partial charge is 0.288 e. The molecule has 1 aliphatic rings. The average Bonchev–Trinajstić information content (AvgIpc) is 3.48. The molecular weight excluding hydrogens is 509 g/mol. The van der Waals surface area contributed by atoms with Crippen molar-refractivity contribution < 1.29 is 39.5 Å². The second-order valence-corrected chi connectivity index (χ2v) is 7.68. The maximum atomic E-state index is 14.3. The molecule has 0 saturated carbocycles. The molecule has 0 aliphatic carbocycles. The highest BCUT2D eigenvalue weighted by Gasteiger charge is 2.60. The Morgan fingerprint density at radius 2 is 1.72 bits per heavy atom. The van der Waals surface area contributed by atoms with E-state index < -0.39 is 53.4 Å². The van der Waals surface area contributed by atoms with Crippen molar-refractivity contribution in [1.29, 1.82) is 5.26 Å². The van der Waals surface area contributed by atoms with Crippen molar-refractivity contribution in [3.63, 3.8) is 0 Å². The zero-order chi connectivity index (χ0) is 26.5. The normalized spacial score (nSPS) is 20.5. The monoisotopic (exact) mass is 519 g/mol. The topological polar surface area (TPSA) is 92.6 Å². The van der Waals surface area contributed by atoms with E-state index in [2.05, 4.69) is 25.0 Å². The number of alkyl halides is 9. The Hall–Kier alpha value is -4.03. The van der Waals surface area contributed by atoms with E-state index in [4.69, 9.17) is 0 Å². The Morgan fingerprint density at radius 1 is 1.00 bits per heavy atom. The maximum absolute atomic E-state index is 14.3. The molecule has 16 heteroatoms. The molecule has 7 nitrogen and oxygen atoms in total. The van der Waals surface area contributed by atoms with Crippen LogP contribution in [0.3, 0.4) is 0 Å². The Morgan fingerprint density at radius 3 is 2.28 bits per heavy atom. The van der Waals surface area contributed by atoms with Gasteiger partial charge in [0.15, 0.2) is 5.82 Å². The van der Waals surface area contributed by atoms with Crippen LogP contribution in [0.5, 0.6) is 0 Å². The third-order valence-corrected chi connectivity index (χ3v) is 5.43. The molecule has 0 bridgehead atoms. The van der Waals surface area contributed by atoms with Gasteiger partial charge in [0, 0.05) is 12.4 Å². The van der Waals surface area contributed by atoms with Crippen molar-refractivity contribution in [2.75, 3.05) is 0 Å². The molecule has 4 rings (SSSR count). The lowest BCUT2D eigenvalue weighted by atomic mass is 9.79. The Bertz CT molecular complexity index is 1320. The number of aromatic nitrogens is 5. The molecule has 2 unspecified atom stereocenters. The quantitative estimate of drug-likeness (QED) is 0.455. The molecule has 4 heterocycles. The van der Waals surface area contributed by atoms with Crippen molar-refractivity contribution in [3.05, 3.63) is 65.1 Å². The number of rotatable bonds is 3. The lowest BCUT2D eigenvalue weighted by Crippen LogP contribution is -2.43. The van der Waals surface area contributed by atoms with Gasteiger partial charge in [0.1, 0.15) is 29.8 Å². The fraction of sp³-hybridized carbons (Fsp3) is 0.300. The Labute approximate surface area is 195 Å². The molecule has 3 aromatic heterocycles. The van der Waals surface area contributed by atoms with E-state index >= 15 is 0 Å². The summed E-state index contributed by atoms with van der Waals surface area (Å²) in [5.74, 6) is -0.00262. The van der Waals surface area contributed by atoms with Crippen molar-refractivity contribution in [2.45, 2.75) is 36.4 Å². The number of hydrogen-bond donors (Lipinski definition) is 0. The van der Waals surface area contributed by atoms with Crippen LogP contribution in [0.2, 0.25) is 0 Å². The second kappa shape index (κ2) is 8.28. The SMILES string of the molecule is N#Cc1cc(C2CC(c3cc(C(F)(F)F)cc(C(F)(F)F)n3)(C(F)(F)F)C=N2)cnc1-n1cncn1. The van der Waals surface area contributed by atoms with Crippen molar-refractivity contribution in [1.82, 2.24) is 24.7 Å². The zero-order valence-electron chi connectivity index (χ0n) is 17.4. The van der Waals surface area contributed by atoms with Gasteiger partial charge in [-0.05, 0) is 30.2 Å². The van der Waals surface area contributed by atoms with Gasteiger partial charge < -0.3 is 0 Å². The summed E-state index contributed by atoms with van der Waals surface area (Å²) in [4.78, 5) is 14.3. The average molecular weight is 519 g/mol. The summed E-state index contributed by atoms with van der Waals surface area (Å²) in [7, 11) is 0. The van der Waals surface area contributed by atoms with Crippen LogP contribution in [-0.2, 0) is 17.8 Å². The van der Waals surface area contributed by atoms with Crippen LogP contribution in [0, 0.1) is 11.3 Å². The number of nitrogens with zero attached hydrogens (tertiary/aromatic N) is 7. The molecule has 0 N–H and O–H groups in total. The summed E-state index contributed by atoms with van der Waals surface area (Å²) in [5.41, 5.74) is -9.09. The van der Waals surface area contributed by atoms with Crippen molar-refractivity contribution >= 4 is 6.21 Å². The van der Waals surface area contributed by atoms with Crippen molar-refractivity contribution in [3.8, 4) is 11.9 Å². The molecule has 0 saturated heterocycles. The first-order valence-corrected chi connectivity index (χ1v) is 9.69. The minimum atomic E-state index is -5.44. The van der Waals surface area contributed by atoms with E-state index in [9.17, 15) is 44.8 Å². The Balaban J connectivity index is 1.81. The van der Waals surface area contributed by atoms with Gasteiger partial charge in [0.2, 0.25) is 0 Å².